The molecular weight excluding hydrogens is 318 g/mol. The largest absolute Gasteiger partial charge is 0.438 e. The van der Waals surface area contributed by atoms with Crippen molar-refractivity contribution in [1.29, 1.82) is 0 Å². The zero-order valence-electron chi connectivity index (χ0n) is 13.5. The predicted octanol–water partition coefficient (Wildman–Crippen LogP) is 1.31. The number of rotatable bonds is 5. The van der Waals surface area contributed by atoms with Crippen LogP contribution in [0.4, 0.5) is 0 Å². The summed E-state index contributed by atoms with van der Waals surface area (Å²) in [4.78, 5) is 18.1. The summed E-state index contributed by atoms with van der Waals surface area (Å²) in [5.74, 6) is 0.721. The molecule has 0 atom stereocenters. The van der Waals surface area contributed by atoms with E-state index in [1.165, 1.54) is 25.5 Å². The van der Waals surface area contributed by atoms with E-state index >= 15 is 0 Å². The molecule has 2 heterocycles. The zero-order chi connectivity index (χ0) is 16.7. The Morgan fingerprint density at radius 2 is 2.09 bits per heavy atom. The van der Waals surface area contributed by atoms with E-state index in [-0.39, 0.29) is 11.7 Å². The van der Waals surface area contributed by atoms with Gasteiger partial charge in [0, 0.05) is 18.6 Å². The number of hydrogen-bond acceptors (Lipinski definition) is 5. The molecule has 0 radical (unpaired) electrons. The van der Waals surface area contributed by atoms with Gasteiger partial charge in [0.25, 0.3) is 5.91 Å². The third-order valence-corrected chi connectivity index (χ3v) is 5.53. The molecule has 1 saturated heterocycles. The van der Waals surface area contributed by atoms with Crippen molar-refractivity contribution in [2.75, 3.05) is 19.3 Å². The number of carbonyl (C=O) groups is 1. The molecule has 23 heavy (non-hydrogen) atoms. The van der Waals surface area contributed by atoms with Gasteiger partial charge in [0.2, 0.25) is 15.8 Å². The molecule has 1 aromatic heterocycles. The highest BCUT2D eigenvalue weighted by Crippen LogP contribution is 2.41. The maximum absolute atomic E-state index is 12.5. The van der Waals surface area contributed by atoms with Gasteiger partial charge in [-0.25, -0.2) is 18.1 Å². The van der Waals surface area contributed by atoms with E-state index in [9.17, 15) is 13.2 Å². The van der Waals surface area contributed by atoms with Crippen LogP contribution >= 0.6 is 0 Å². The Bertz CT molecular complexity index is 685. The Morgan fingerprint density at radius 1 is 1.43 bits per heavy atom. The lowest BCUT2D eigenvalue weighted by Gasteiger charge is -2.42. The number of amides is 1. The molecule has 1 aliphatic carbocycles. The number of hydrogen-bond donors (Lipinski definition) is 1. The zero-order valence-corrected chi connectivity index (χ0v) is 14.4. The predicted molar refractivity (Wildman–Crippen MR) is 84.4 cm³/mol. The minimum Gasteiger partial charge on any atom is -0.438 e. The molecule has 0 spiro atoms. The normalized spacial score (nSPS) is 21.4. The number of aromatic nitrogens is 1. The van der Waals surface area contributed by atoms with Crippen molar-refractivity contribution in [3.63, 3.8) is 0 Å². The number of sulfonamides is 1. The first-order valence-corrected chi connectivity index (χ1v) is 9.85. The standard InChI is InChI=1S/C15H23N3O4S/c1-11-13(22-10-16-11)14(19)18-7-5-15(6-8-18,9-12-3-4-12)17-23(2,20)21/h10,12,17H,3-9H2,1-2H3. The van der Waals surface area contributed by atoms with Crippen LogP contribution in [-0.2, 0) is 10.0 Å². The molecule has 128 valence electrons. The molecule has 0 unspecified atom stereocenters. The van der Waals surface area contributed by atoms with Gasteiger partial charge in [-0.3, -0.25) is 4.79 Å². The second-order valence-corrected chi connectivity index (χ2v) is 8.61. The molecule has 8 heteroatoms. The minimum absolute atomic E-state index is 0.167. The van der Waals surface area contributed by atoms with Crippen LogP contribution in [0.5, 0.6) is 0 Å². The molecule has 1 amide bonds. The molecule has 0 bridgehead atoms. The van der Waals surface area contributed by atoms with Crippen molar-refractivity contribution >= 4 is 15.9 Å². The fraction of sp³-hybridized carbons (Fsp3) is 0.733. The summed E-state index contributed by atoms with van der Waals surface area (Å²) in [6.45, 7) is 2.78. The van der Waals surface area contributed by atoms with Crippen LogP contribution in [0.2, 0.25) is 0 Å². The van der Waals surface area contributed by atoms with E-state index in [2.05, 4.69) is 9.71 Å². The average Bonchev–Trinajstić information content (AvgIpc) is 3.15. The van der Waals surface area contributed by atoms with Gasteiger partial charge in [-0.15, -0.1) is 0 Å². The molecule has 1 aromatic rings. The number of likely N-dealkylation sites (tertiary alicyclic amines) is 1. The van der Waals surface area contributed by atoms with Crippen molar-refractivity contribution in [1.82, 2.24) is 14.6 Å². The van der Waals surface area contributed by atoms with Crippen molar-refractivity contribution in [3.8, 4) is 0 Å². The van der Waals surface area contributed by atoms with Crippen LogP contribution in [0.3, 0.4) is 0 Å². The first-order valence-electron chi connectivity index (χ1n) is 7.96. The van der Waals surface area contributed by atoms with Crippen molar-refractivity contribution in [3.05, 3.63) is 17.8 Å². The van der Waals surface area contributed by atoms with Gasteiger partial charge in [-0.1, -0.05) is 12.8 Å². The van der Waals surface area contributed by atoms with Crippen LogP contribution in [0.1, 0.15) is 48.4 Å². The molecule has 1 aliphatic heterocycles. The maximum atomic E-state index is 12.5. The van der Waals surface area contributed by atoms with Crippen molar-refractivity contribution in [2.45, 2.75) is 44.6 Å². The van der Waals surface area contributed by atoms with Crippen LogP contribution in [0.25, 0.3) is 0 Å². The third kappa shape index (κ3) is 3.92. The summed E-state index contributed by atoms with van der Waals surface area (Å²) < 4.78 is 31.5. The number of aryl methyl sites for hydroxylation is 1. The van der Waals surface area contributed by atoms with E-state index in [4.69, 9.17) is 4.42 Å². The molecular formula is C15H23N3O4S. The number of nitrogens with one attached hydrogen (secondary N) is 1. The Kier molecular flexibility index (Phi) is 4.22. The molecule has 2 aliphatic rings. The van der Waals surface area contributed by atoms with Gasteiger partial charge in [0.05, 0.1) is 11.9 Å². The van der Waals surface area contributed by atoms with E-state index < -0.39 is 15.6 Å². The lowest BCUT2D eigenvalue weighted by molar-refractivity contribution is 0.0616. The van der Waals surface area contributed by atoms with E-state index in [0.29, 0.717) is 37.5 Å². The first kappa shape index (κ1) is 16.4. The van der Waals surface area contributed by atoms with Gasteiger partial charge in [0.1, 0.15) is 0 Å². The second kappa shape index (κ2) is 5.90. The lowest BCUT2D eigenvalue weighted by Crippen LogP contribution is -2.56. The number of piperidine rings is 1. The highest BCUT2D eigenvalue weighted by Gasteiger charge is 2.42. The van der Waals surface area contributed by atoms with Gasteiger partial charge in [0.15, 0.2) is 6.39 Å². The van der Waals surface area contributed by atoms with Crippen molar-refractivity contribution < 1.29 is 17.6 Å². The summed E-state index contributed by atoms with van der Waals surface area (Å²) in [5, 5.41) is 0. The Balaban J connectivity index is 1.69. The smallest absolute Gasteiger partial charge is 0.291 e. The lowest BCUT2D eigenvalue weighted by atomic mass is 9.83. The van der Waals surface area contributed by atoms with Gasteiger partial charge >= 0.3 is 0 Å². The molecule has 7 nitrogen and oxygen atoms in total. The Morgan fingerprint density at radius 3 is 2.57 bits per heavy atom. The molecule has 3 rings (SSSR count). The average molecular weight is 341 g/mol. The van der Waals surface area contributed by atoms with Crippen LogP contribution in [-0.4, -0.2) is 49.1 Å². The highest BCUT2D eigenvalue weighted by atomic mass is 32.2. The summed E-state index contributed by atoms with van der Waals surface area (Å²) in [6.07, 6.45) is 6.96. The Labute approximate surface area is 136 Å². The summed E-state index contributed by atoms with van der Waals surface area (Å²) in [7, 11) is -3.27. The number of oxazole rings is 1. The van der Waals surface area contributed by atoms with Crippen LogP contribution in [0.15, 0.2) is 10.8 Å². The number of carbonyl (C=O) groups excluding carboxylic acids is 1. The summed E-state index contributed by atoms with van der Waals surface area (Å²) in [6, 6.07) is 0. The van der Waals surface area contributed by atoms with E-state index in [1.54, 1.807) is 11.8 Å². The van der Waals surface area contributed by atoms with Gasteiger partial charge in [-0.2, -0.15) is 0 Å². The topological polar surface area (TPSA) is 92.5 Å². The van der Waals surface area contributed by atoms with E-state index in [0.717, 1.165) is 6.42 Å². The Hall–Kier alpha value is -1.41. The van der Waals surface area contributed by atoms with Gasteiger partial charge in [-0.05, 0) is 32.1 Å². The van der Waals surface area contributed by atoms with Crippen LogP contribution in [0, 0.1) is 12.8 Å². The van der Waals surface area contributed by atoms with Gasteiger partial charge < -0.3 is 9.32 Å². The molecule has 1 saturated carbocycles. The SMILES string of the molecule is Cc1ncoc1C(=O)N1CCC(CC2CC2)(NS(C)(=O)=O)CC1. The quantitative estimate of drug-likeness (QED) is 0.871. The molecule has 2 fully saturated rings. The fourth-order valence-corrected chi connectivity index (χ4v) is 4.48. The number of nitrogens with zero attached hydrogens (tertiary/aromatic N) is 2. The van der Waals surface area contributed by atoms with Crippen molar-refractivity contribution in [2.24, 2.45) is 5.92 Å². The highest BCUT2D eigenvalue weighted by molar-refractivity contribution is 7.88. The third-order valence-electron chi connectivity index (χ3n) is 4.73. The molecule has 1 N–H and O–H groups in total. The maximum Gasteiger partial charge on any atom is 0.291 e. The van der Waals surface area contributed by atoms with Crippen LogP contribution < -0.4 is 4.72 Å². The first-order chi connectivity index (χ1) is 10.8. The molecule has 0 aromatic carbocycles. The summed E-state index contributed by atoms with van der Waals surface area (Å²) >= 11 is 0. The second-order valence-electron chi connectivity index (χ2n) is 6.86. The fourth-order valence-electron chi connectivity index (χ4n) is 3.40. The minimum atomic E-state index is -3.27. The monoisotopic (exact) mass is 341 g/mol. The summed E-state index contributed by atoms with van der Waals surface area (Å²) in [5.41, 5.74) is 0.168. The van der Waals surface area contributed by atoms with E-state index in [1.807, 2.05) is 0 Å².